The van der Waals surface area contributed by atoms with Gasteiger partial charge >= 0.3 is 0 Å². The third-order valence-corrected chi connectivity index (χ3v) is 1.69. The number of imidazole rings is 1. The molecule has 1 heterocycles. The third kappa shape index (κ3) is 9.52. The Morgan fingerprint density at radius 2 is 1.86 bits per heavy atom. The Kier molecular flexibility index (Phi) is 14.1. The fourth-order valence-electron chi connectivity index (χ4n) is 0.877. The first-order valence-corrected chi connectivity index (χ1v) is 4.95. The van der Waals surface area contributed by atoms with Gasteiger partial charge in [-0.15, -0.1) is 17.0 Å². The number of hydrogen-bond acceptors (Lipinski definition) is 1. The monoisotopic (exact) mass is 260 g/mol. The van der Waals surface area contributed by atoms with Crippen molar-refractivity contribution in [3.8, 4) is 0 Å². The van der Waals surface area contributed by atoms with Crippen LogP contribution >= 0.6 is 17.0 Å². The predicted octanol–water partition coefficient (Wildman–Crippen LogP) is 4.15. The summed E-state index contributed by atoms with van der Waals surface area (Å²) in [5, 5.41) is 0. The van der Waals surface area contributed by atoms with E-state index >= 15 is 0 Å². The fourth-order valence-corrected chi connectivity index (χ4v) is 0.877. The summed E-state index contributed by atoms with van der Waals surface area (Å²) in [5.41, 5.74) is 0. The Labute approximate surface area is 97.8 Å². The van der Waals surface area contributed by atoms with Gasteiger partial charge in [-0.05, 0) is 0 Å². The van der Waals surface area contributed by atoms with Crippen molar-refractivity contribution in [1.29, 1.82) is 0 Å². The number of halogens is 1. The van der Waals surface area contributed by atoms with Crippen LogP contribution in [0, 0.1) is 0 Å². The second-order valence-electron chi connectivity index (χ2n) is 2.90. The van der Waals surface area contributed by atoms with Crippen LogP contribution in [0.5, 0.6) is 0 Å². The van der Waals surface area contributed by atoms with E-state index < -0.39 is 0 Å². The van der Waals surface area contributed by atoms with Gasteiger partial charge in [0.1, 0.15) is 0 Å². The molecule has 1 aromatic rings. The lowest BCUT2D eigenvalue weighted by atomic mass is 10.2. The van der Waals surface area contributed by atoms with Gasteiger partial charge in [-0.2, -0.15) is 0 Å². The number of nitrogens with zero attached hydrogens (tertiary/aromatic N) is 2. The Morgan fingerprint density at radius 1 is 1.29 bits per heavy atom. The summed E-state index contributed by atoms with van der Waals surface area (Å²) < 4.78 is 1.78. The van der Waals surface area contributed by atoms with E-state index in [9.17, 15) is 0 Å². The van der Waals surface area contributed by atoms with E-state index in [1.807, 2.05) is 6.20 Å². The summed E-state index contributed by atoms with van der Waals surface area (Å²) >= 11 is 0. The molecular formula is C11H21BrN2. The molecule has 0 amide bonds. The highest BCUT2D eigenvalue weighted by molar-refractivity contribution is 8.93. The zero-order valence-electron chi connectivity index (χ0n) is 9.15. The number of aromatic nitrogens is 2. The Hall–Kier alpha value is -0.570. The summed E-state index contributed by atoms with van der Waals surface area (Å²) in [5.74, 6) is 0. The fraction of sp³-hybridized carbons (Fsp3) is 0.545. The van der Waals surface area contributed by atoms with Crippen molar-refractivity contribution in [2.45, 2.75) is 39.5 Å². The maximum atomic E-state index is 3.78. The van der Waals surface area contributed by atoms with Crippen LogP contribution in [0.3, 0.4) is 0 Å². The molecule has 0 saturated carbocycles. The minimum Gasteiger partial charge on any atom is -0.314 e. The maximum Gasteiger partial charge on any atom is 0.0986 e. The van der Waals surface area contributed by atoms with Crippen molar-refractivity contribution >= 4 is 23.2 Å². The van der Waals surface area contributed by atoms with Crippen LogP contribution in [0.4, 0.5) is 0 Å². The maximum absolute atomic E-state index is 3.78. The molecule has 0 bridgehead atoms. The highest BCUT2D eigenvalue weighted by Crippen LogP contribution is 1.95. The van der Waals surface area contributed by atoms with E-state index in [4.69, 9.17) is 0 Å². The van der Waals surface area contributed by atoms with Crippen LogP contribution < -0.4 is 0 Å². The van der Waals surface area contributed by atoms with Crippen LogP contribution in [0.15, 0.2) is 25.3 Å². The molecule has 0 saturated heterocycles. The average Bonchev–Trinajstić information content (AvgIpc) is 2.68. The second kappa shape index (κ2) is 12.4. The van der Waals surface area contributed by atoms with Gasteiger partial charge < -0.3 is 4.57 Å². The standard InChI is InChI=1S/C6H14.C5H6N2.BrH/c1-3-5-6-4-2;1-2-7-4-3-6-5-7;/h3-6H2,1-2H3;2-5H,1H2;1H. The lowest BCUT2D eigenvalue weighted by molar-refractivity contribution is 0.702. The van der Waals surface area contributed by atoms with Crippen molar-refractivity contribution in [2.24, 2.45) is 0 Å². The lowest BCUT2D eigenvalue weighted by Crippen LogP contribution is -1.73. The van der Waals surface area contributed by atoms with Gasteiger partial charge in [-0.25, -0.2) is 4.98 Å². The number of hydrogen-bond donors (Lipinski definition) is 0. The highest BCUT2D eigenvalue weighted by Gasteiger charge is 1.75. The molecule has 0 fully saturated rings. The molecule has 0 aliphatic carbocycles. The molecule has 0 radical (unpaired) electrons. The van der Waals surface area contributed by atoms with Crippen molar-refractivity contribution in [3.63, 3.8) is 0 Å². The van der Waals surface area contributed by atoms with Crippen molar-refractivity contribution in [3.05, 3.63) is 25.3 Å². The van der Waals surface area contributed by atoms with Crippen molar-refractivity contribution in [1.82, 2.24) is 9.55 Å². The van der Waals surface area contributed by atoms with Gasteiger partial charge in [0, 0.05) is 18.6 Å². The number of rotatable bonds is 4. The normalized spacial score (nSPS) is 8.14. The smallest absolute Gasteiger partial charge is 0.0986 e. The average molecular weight is 261 g/mol. The molecule has 1 rings (SSSR count). The predicted molar refractivity (Wildman–Crippen MR) is 68.8 cm³/mol. The summed E-state index contributed by atoms with van der Waals surface area (Å²) in [4.78, 5) is 3.78. The molecule has 0 aliphatic heterocycles. The van der Waals surface area contributed by atoms with Gasteiger partial charge in [0.2, 0.25) is 0 Å². The Bertz CT molecular complexity index is 191. The van der Waals surface area contributed by atoms with Gasteiger partial charge in [0.25, 0.3) is 0 Å². The van der Waals surface area contributed by atoms with Crippen LogP contribution in [-0.4, -0.2) is 9.55 Å². The SMILES string of the molecule is Br.C=Cn1ccnc1.CCCCCC. The largest absolute Gasteiger partial charge is 0.314 e. The van der Waals surface area contributed by atoms with E-state index in [1.165, 1.54) is 25.7 Å². The summed E-state index contributed by atoms with van der Waals surface area (Å²) in [6.07, 6.45) is 12.4. The Morgan fingerprint density at radius 3 is 2.07 bits per heavy atom. The first kappa shape index (κ1) is 15.9. The Balaban J connectivity index is 0. The van der Waals surface area contributed by atoms with E-state index in [2.05, 4.69) is 25.4 Å². The van der Waals surface area contributed by atoms with Crippen molar-refractivity contribution < 1.29 is 0 Å². The van der Waals surface area contributed by atoms with E-state index in [-0.39, 0.29) is 17.0 Å². The molecule has 1 aromatic heterocycles. The second-order valence-corrected chi connectivity index (χ2v) is 2.90. The quantitative estimate of drug-likeness (QED) is 0.744. The molecule has 0 aliphatic rings. The minimum absolute atomic E-state index is 0. The summed E-state index contributed by atoms with van der Waals surface area (Å²) in [6, 6.07) is 0. The van der Waals surface area contributed by atoms with Gasteiger partial charge in [0.15, 0.2) is 0 Å². The topological polar surface area (TPSA) is 17.8 Å². The van der Waals surface area contributed by atoms with Crippen LogP contribution in [-0.2, 0) is 0 Å². The van der Waals surface area contributed by atoms with E-state index in [0.717, 1.165) is 0 Å². The molecule has 14 heavy (non-hydrogen) atoms. The van der Waals surface area contributed by atoms with Gasteiger partial charge in [-0.3, -0.25) is 0 Å². The highest BCUT2D eigenvalue weighted by atomic mass is 79.9. The lowest BCUT2D eigenvalue weighted by Gasteiger charge is -1.86. The molecule has 0 N–H and O–H groups in total. The molecule has 3 heteroatoms. The van der Waals surface area contributed by atoms with Crippen LogP contribution in [0.25, 0.3) is 6.20 Å². The van der Waals surface area contributed by atoms with Gasteiger partial charge in [0.05, 0.1) is 6.33 Å². The third-order valence-electron chi connectivity index (χ3n) is 1.69. The van der Waals surface area contributed by atoms with Gasteiger partial charge in [-0.1, -0.05) is 46.1 Å². The molecule has 0 unspecified atom stereocenters. The summed E-state index contributed by atoms with van der Waals surface area (Å²) in [6.45, 7) is 7.99. The molecule has 82 valence electrons. The summed E-state index contributed by atoms with van der Waals surface area (Å²) in [7, 11) is 0. The molecule has 0 atom stereocenters. The molecule has 0 spiro atoms. The minimum atomic E-state index is 0. The van der Waals surface area contributed by atoms with E-state index in [0.29, 0.717) is 0 Å². The zero-order chi connectivity index (χ0) is 9.94. The molecular weight excluding hydrogens is 240 g/mol. The van der Waals surface area contributed by atoms with Crippen molar-refractivity contribution in [2.75, 3.05) is 0 Å². The first-order chi connectivity index (χ1) is 6.35. The first-order valence-electron chi connectivity index (χ1n) is 4.95. The molecule has 2 nitrogen and oxygen atoms in total. The molecule has 0 aromatic carbocycles. The van der Waals surface area contributed by atoms with Crippen LogP contribution in [0.2, 0.25) is 0 Å². The van der Waals surface area contributed by atoms with Crippen LogP contribution in [0.1, 0.15) is 39.5 Å². The number of unbranched alkanes of at least 4 members (excludes halogenated alkanes) is 3. The van der Waals surface area contributed by atoms with E-state index in [1.54, 1.807) is 23.3 Å². The zero-order valence-corrected chi connectivity index (χ0v) is 10.9.